The van der Waals surface area contributed by atoms with Crippen LogP contribution < -0.4 is 14.9 Å². The van der Waals surface area contributed by atoms with Crippen molar-refractivity contribution in [2.75, 3.05) is 54.0 Å². The van der Waals surface area contributed by atoms with Crippen LogP contribution in [0.5, 0.6) is 0 Å². The molecule has 41 heavy (non-hydrogen) atoms. The topological polar surface area (TPSA) is 192 Å². The van der Waals surface area contributed by atoms with E-state index in [1.165, 1.54) is 12.3 Å². The highest BCUT2D eigenvalue weighted by Crippen LogP contribution is 2.22. The molecule has 4 N–H and O–H groups in total. The first-order chi connectivity index (χ1) is 19.7. The monoisotopic (exact) mass is 582 g/mol. The Morgan fingerprint density at radius 2 is 1.88 bits per heavy atom. The van der Waals surface area contributed by atoms with Gasteiger partial charge in [0.15, 0.2) is 5.65 Å². The molecule has 216 valence electrons. The van der Waals surface area contributed by atoms with Gasteiger partial charge in [0.1, 0.15) is 11.6 Å². The molecule has 1 aliphatic rings. The Morgan fingerprint density at radius 1 is 1.07 bits per heavy atom. The maximum atomic E-state index is 12.3. The molecule has 0 aromatic carbocycles. The molecule has 0 spiro atoms. The van der Waals surface area contributed by atoms with E-state index in [4.69, 9.17) is 5.11 Å². The number of nitrogens with zero attached hydrogens (tertiary/aromatic N) is 8. The van der Waals surface area contributed by atoms with Crippen molar-refractivity contribution < 1.29 is 23.4 Å². The summed E-state index contributed by atoms with van der Waals surface area (Å²) in [4.78, 5) is 31.8. The summed E-state index contributed by atoms with van der Waals surface area (Å²) in [7, 11) is -3.74. The minimum absolute atomic E-state index is 0.0863. The van der Waals surface area contributed by atoms with Gasteiger partial charge in [0, 0.05) is 6.20 Å². The third-order valence-corrected chi connectivity index (χ3v) is 7.52. The first-order valence-electron chi connectivity index (χ1n) is 12.9. The summed E-state index contributed by atoms with van der Waals surface area (Å²) in [6.07, 6.45) is 8.21. The molecule has 4 aromatic rings. The number of pyridine rings is 2. The molecule has 1 atom stereocenters. The number of carbonyl (C=O) groups excluding carboxylic acids is 1. The standard InChI is InChI=1S/C25H30N10O5S/c1-41(39,40)34(14-20(37)16-36)22-7-4-18(12-27-22)30-25-28-10-17-11-29-35(24(17)32-25)19-5-6-21(26-13-19)31-23(38)15-33-8-2-3-9-33/h4-7,10-13,20,36-37H,2-3,8-9,14-16H2,1H3,(H,26,31,38)(H,28,30,32). The van der Waals surface area contributed by atoms with Crippen LogP contribution in [-0.4, -0.2) is 104 Å². The van der Waals surface area contributed by atoms with Crippen molar-refractivity contribution >= 4 is 50.2 Å². The highest BCUT2D eigenvalue weighted by atomic mass is 32.2. The molecule has 1 amide bonds. The van der Waals surface area contributed by atoms with Crippen LogP contribution in [-0.2, 0) is 14.8 Å². The Balaban J connectivity index is 1.29. The molecule has 1 aliphatic heterocycles. The summed E-state index contributed by atoms with van der Waals surface area (Å²) in [5.41, 5.74) is 1.64. The van der Waals surface area contributed by atoms with Crippen molar-refractivity contribution in [3.05, 3.63) is 49.1 Å². The number of carbonyl (C=O) groups is 1. The Labute approximate surface area is 235 Å². The quantitative estimate of drug-likeness (QED) is 0.192. The predicted molar refractivity (Wildman–Crippen MR) is 152 cm³/mol. The number of anilines is 4. The molecule has 16 heteroatoms. The first kappa shape index (κ1) is 28.3. The second-order valence-corrected chi connectivity index (χ2v) is 11.5. The van der Waals surface area contributed by atoms with Crippen LogP contribution in [0.4, 0.5) is 23.3 Å². The largest absolute Gasteiger partial charge is 0.394 e. The summed E-state index contributed by atoms with van der Waals surface area (Å²) in [5.74, 6) is 0.684. The molecule has 0 bridgehead atoms. The average molecular weight is 583 g/mol. The number of aliphatic hydroxyl groups excluding tert-OH is 2. The number of amides is 1. The summed E-state index contributed by atoms with van der Waals surface area (Å²) in [6, 6.07) is 6.55. The third-order valence-electron chi connectivity index (χ3n) is 6.38. The van der Waals surface area contributed by atoms with E-state index < -0.39 is 22.7 Å². The van der Waals surface area contributed by atoms with Crippen LogP contribution in [0.2, 0.25) is 0 Å². The van der Waals surface area contributed by atoms with Crippen LogP contribution in [0.1, 0.15) is 12.8 Å². The molecule has 1 saturated heterocycles. The highest BCUT2D eigenvalue weighted by Gasteiger charge is 2.22. The fourth-order valence-electron chi connectivity index (χ4n) is 4.36. The second kappa shape index (κ2) is 12.1. The van der Waals surface area contributed by atoms with E-state index in [0.717, 1.165) is 36.5 Å². The molecule has 1 fully saturated rings. The molecule has 4 aromatic heterocycles. The number of fused-ring (bicyclic) bond motifs is 1. The van der Waals surface area contributed by atoms with Crippen molar-refractivity contribution in [3.63, 3.8) is 0 Å². The molecule has 5 heterocycles. The molecule has 15 nitrogen and oxygen atoms in total. The summed E-state index contributed by atoms with van der Waals surface area (Å²) in [6.45, 7) is 1.30. The Kier molecular flexibility index (Phi) is 8.34. The minimum atomic E-state index is -3.74. The van der Waals surface area contributed by atoms with Gasteiger partial charge >= 0.3 is 0 Å². The van der Waals surface area contributed by atoms with Crippen LogP contribution in [0, 0.1) is 0 Å². The van der Waals surface area contributed by atoms with Crippen LogP contribution in [0.15, 0.2) is 49.1 Å². The van der Waals surface area contributed by atoms with E-state index in [1.54, 1.807) is 41.5 Å². The summed E-state index contributed by atoms with van der Waals surface area (Å²) >= 11 is 0. The number of aliphatic hydroxyl groups is 2. The smallest absolute Gasteiger partial charge is 0.239 e. The molecular weight excluding hydrogens is 552 g/mol. The predicted octanol–water partition coefficient (Wildman–Crippen LogP) is 0.503. The van der Waals surface area contributed by atoms with Crippen LogP contribution >= 0.6 is 0 Å². The van der Waals surface area contributed by atoms with E-state index >= 15 is 0 Å². The van der Waals surface area contributed by atoms with Crippen LogP contribution in [0.25, 0.3) is 16.7 Å². The maximum Gasteiger partial charge on any atom is 0.239 e. The van der Waals surface area contributed by atoms with E-state index in [1.807, 2.05) is 0 Å². The number of aromatic nitrogens is 6. The molecule has 0 radical (unpaired) electrons. The maximum absolute atomic E-state index is 12.3. The Hall–Kier alpha value is -4.25. The third kappa shape index (κ3) is 6.91. The van der Waals surface area contributed by atoms with Gasteiger partial charge in [-0.25, -0.2) is 28.1 Å². The van der Waals surface area contributed by atoms with Crippen molar-refractivity contribution in [1.82, 2.24) is 34.6 Å². The summed E-state index contributed by atoms with van der Waals surface area (Å²) in [5, 5.41) is 29.8. The van der Waals surface area contributed by atoms with Crippen LogP contribution in [0.3, 0.4) is 0 Å². The number of rotatable bonds is 11. The van der Waals surface area contributed by atoms with Crippen molar-refractivity contribution in [1.29, 1.82) is 0 Å². The lowest BCUT2D eigenvalue weighted by Gasteiger charge is -2.23. The zero-order valence-corrected chi connectivity index (χ0v) is 23.1. The number of hydrogen-bond acceptors (Lipinski definition) is 12. The van der Waals surface area contributed by atoms with Gasteiger partial charge in [-0.3, -0.25) is 14.0 Å². The van der Waals surface area contributed by atoms with Gasteiger partial charge < -0.3 is 20.8 Å². The van der Waals surface area contributed by atoms with E-state index in [9.17, 15) is 18.3 Å². The fraction of sp³-hybridized carbons (Fsp3) is 0.360. The van der Waals surface area contributed by atoms with Crippen molar-refractivity contribution in [3.8, 4) is 5.69 Å². The highest BCUT2D eigenvalue weighted by molar-refractivity contribution is 7.92. The van der Waals surface area contributed by atoms with E-state index in [-0.39, 0.29) is 24.2 Å². The van der Waals surface area contributed by atoms with Gasteiger partial charge in [0.2, 0.25) is 21.9 Å². The van der Waals surface area contributed by atoms with E-state index in [2.05, 4.69) is 40.6 Å². The lowest BCUT2D eigenvalue weighted by molar-refractivity contribution is -0.117. The summed E-state index contributed by atoms with van der Waals surface area (Å²) < 4.78 is 26.8. The van der Waals surface area contributed by atoms with Gasteiger partial charge in [-0.05, 0) is 50.2 Å². The number of hydrogen-bond donors (Lipinski definition) is 4. The fourth-order valence-corrected chi connectivity index (χ4v) is 5.25. The van der Waals surface area contributed by atoms with Gasteiger partial charge in [-0.15, -0.1) is 0 Å². The molecular formula is C25H30N10O5S. The molecule has 0 aliphatic carbocycles. The van der Waals surface area contributed by atoms with Gasteiger partial charge in [0.25, 0.3) is 0 Å². The van der Waals surface area contributed by atoms with Gasteiger partial charge in [-0.2, -0.15) is 10.1 Å². The van der Waals surface area contributed by atoms with Crippen molar-refractivity contribution in [2.45, 2.75) is 18.9 Å². The first-order valence-corrected chi connectivity index (χ1v) is 14.7. The lowest BCUT2D eigenvalue weighted by Crippen LogP contribution is -2.38. The molecule has 1 unspecified atom stereocenters. The molecule has 0 saturated carbocycles. The Morgan fingerprint density at radius 3 is 2.54 bits per heavy atom. The lowest BCUT2D eigenvalue weighted by atomic mass is 10.3. The Bertz CT molecular complexity index is 1610. The number of nitrogens with one attached hydrogen (secondary N) is 2. The van der Waals surface area contributed by atoms with Crippen molar-refractivity contribution in [2.24, 2.45) is 0 Å². The SMILES string of the molecule is CS(=O)(=O)N(CC(O)CO)c1ccc(Nc2ncc3cnn(-c4ccc(NC(=O)CN5CCCC5)nc4)c3n2)cn1. The van der Waals surface area contributed by atoms with Gasteiger partial charge in [0.05, 0.1) is 67.4 Å². The zero-order valence-electron chi connectivity index (χ0n) is 22.3. The molecule has 5 rings (SSSR count). The number of sulfonamides is 1. The normalized spacial score (nSPS) is 14.7. The second-order valence-electron chi connectivity index (χ2n) is 9.62. The number of likely N-dealkylation sites (tertiary alicyclic amines) is 1. The minimum Gasteiger partial charge on any atom is -0.394 e. The zero-order chi connectivity index (χ0) is 29.0. The van der Waals surface area contributed by atoms with Gasteiger partial charge in [-0.1, -0.05) is 0 Å². The average Bonchev–Trinajstić information content (AvgIpc) is 3.62. The van der Waals surface area contributed by atoms with E-state index in [0.29, 0.717) is 34.8 Å².